The molecule has 0 amide bonds. The lowest BCUT2D eigenvalue weighted by molar-refractivity contribution is 0.606. The summed E-state index contributed by atoms with van der Waals surface area (Å²) in [5.41, 5.74) is 2.82. The van der Waals surface area contributed by atoms with E-state index in [1.54, 1.807) is 28.3 Å². The number of nitrogens with zero attached hydrogens (tertiary/aromatic N) is 3. The molecule has 0 atom stereocenters. The summed E-state index contributed by atoms with van der Waals surface area (Å²) in [4.78, 5) is 9.30. The normalized spacial score (nSPS) is 11.9. The smallest absolute Gasteiger partial charge is 0.280 e. The van der Waals surface area contributed by atoms with Crippen LogP contribution in [0.2, 0.25) is 0 Å². The third kappa shape index (κ3) is 2.90. The van der Waals surface area contributed by atoms with Crippen molar-refractivity contribution in [3.63, 3.8) is 0 Å². The summed E-state index contributed by atoms with van der Waals surface area (Å²) >= 11 is 1.60. The maximum atomic E-state index is 11.2. The van der Waals surface area contributed by atoms with Gasteiger partial charge in [-0.3, -0.25) is 0 Å². The molecule has 5 nitrogen and oxygen atoms in total. The van der Waals surface area contributed by atoms with Gasteiger partial charge in [-0.1, -0.05) is 0 Å². The van der Waals surface area contributed by atoms with Crippen LogP contribution in [0.4, 0.5) is 0 Å². The summed E-state index contributed by atoms with van der Waals surface area (Å²) in [6.07, 6.45) is 2.27. The molecule has 2 aromatic rings. The van der Waals surface area contributed by atoms with E-state index in [4.69, 9.17) is 10.7 Å². The summed E-state index contributed by atoms with van der Waals surface area (Å²) in [5.74, 6) is 0.636. The Hall–Kier alpha value is -0.920. The van der Waals surface area contributed by atoms with Crippen LogP contribution in [-0.2, 0) is 22.0 Å². The molecule has 0 bridgehead atoms. The van der Waals surface area contributed by atoms with E-state index in [9.17, 15) is 8.42 Å². The predicted molar refractivity (Wildman–Crippen MR) is 70.6 cm³/mol. The van der Waals surface area contributed by atoms with Crippen LogP contribution in [0, 0.1) is 13.8 Å². The van der Waals surface area contributed by atoms with E-state index < -0.39 is 9.05 Å². The van der Waals surface area contributed by atoms with Crippen molar-refractivity contribution < 1.29 is 8.42 Å². The minimum Gasteiger partial charge on any atom is -0.333 e. The monoisotopic (exact) mass is 305 g/mol. The molecular formula is C10H12ClN3O2S2. The van der Waals surface area contributed by atoms with Gasteiger partial charge in [-0.05, 0) is 13.8 Å². The maximum absolute atomic E-state index is 11.2. The molecule has 0 radical (unpaired) electrons. The lowest BCUT2D eigenvalue weighted by Crippen LogP contribution is -2.02. The van der Waals surface area contributed by atoms with E-state index in [1.165, 1.54) is 11.1 Å². The molecule has 0 N–H and O–H groups in total. The number of thiazole rings is 1. The number of halogens is 1. The number of aryl methyl sites for hydroxylation is 4. The van der Waals surface area contributed by atoms with Crippen molar-refractivity contribution in [1.82, 2.24) is 14.5 Å². The highest BCUT2D eigenvalue weighted by Crippen LogP contribution is 2.17. The second-order valence-corrected chi connectivity index (χ2v) is 7.32. The number of rotatable bonds is 4. The van der Waals surface area contributed by atoms with Crippen molar-refractivity contribution in [2.75, 3.05) is 0 Å². The highest BCUT2D eigenvalue weighted by atomic mass is 35.7. The summed E-state index contributed by atoms with van der Waals surface area (Å²) in [6, 6.07) is 0. The molecule has 0 aliphatic carbocycles. The molecule has 0 saturated heterocycles. The Morgan fingerprint density at radius 1 is 1.44 bits per heavy atom. The lowest BCUT2D eigenvalue weighted by atomic mass is 10.3. The molecule has 2 rings (SSSR count). The van der Waals surface area contributed by atoms with Crippen molar-refractivity contribution in [3.8, 4) is 0 Å². The van der Waals surface area contributed by atoms with Gasteiger partial charge in [0.25, 0.3) is 9.05 Å². The zero-order valence-corrected chi connectivity index (χ0v) is 12.3. The van der Waals surface area contributed by atoms with E-state index in [2.05, 4.69) is 9.97 Å². The molecule has 0 fully saturated rings. The van der Waals surface area contributed by atoms with E-state index in [0.29, 0.717) is 12.4 Å². The molecule has 0 spiro atoms. The van der Waals surface area contributed by atoms with Gasteiger partial charge in [-0.2, -0.15) is 0 Å². The molecule has 0 aliphatic heterocycles. The molecule has 98 valence electrons. The van der Waals surface area contributed by atoms with Crippen LogP contribution in [0.25, 0.3) is 0 Å². The first kappa shape index (κ1) is 13.5. The van der Waals surface area contributed by atoms with Crippen molar-refractivity contribution in [1.29, 1.82) is 0 Å². The summed E-state index contributed by atoms with van der Waals surface area (Å²) < 4.78 is 24.1. The molecule has 0 unspecified atom stereocenters. The predicted octanol–water partition coefficient (Wildman–Crippen LogP) is 2.13. The average molecular weight is 306 g/mol. The van der Waals surface area contributed by atoms with Crippen LogP contribution in [0.15, 0.2) is 16.7 Å². The summed E-state index contributed by atoms with van der Waals surface area (Å²) in [5, 5.41) is -0.0947. The van der Waals surface area contributed by atoms with E-state index >= 15 is 0 Å². The van der Waals surface area contributed by atoms with Gasteiger partial charge in [0, 0.05) is 34.7 Å². The topological polar surface area (TPSA) is 64.8 Å². The van der Waals surface area contributed by atoms with E-state index in [0.717, 1.165) is 12.1 Å². The second kappa shape index (κ2) is 4.99. The number of aromatic nitrogens is 3. The molecule has 0 aliphatic rings. The highest BCUT2D eigenvalue weighted by molar-refractivity contribution is 8.13. The van der Waals surface area contributed by atoms with E-state index in [-0.39, 0.29) is 5.03 Å². The Kier molecular flexibility index (Phi) is 3.74. The van der Waals surface area contributed by atoms with Crippen LogP contribution < -0.4 is 0 Å². The molecule has 2 heterocycles. The van der Waals surface area contributed by atoms with Crippen LogP contribution in [0.5, 0.6) is 0 Å². The van der Waals surface area contributed by atoms with Gasteiger partial charge < -0.3 is 4.57 Å². The van der Waals surface area contributed by atoms with Crippen LogP contribution in [0.1, 0.15) is 16.4 Å². The SMILES string of the molecule is Cc1ncsc1CCn1cc(S(=O)(=O)Cl)nc1C. The van der Waals surface area contributed by atoms with Crippen molar-refractivity contribution in [3.05, 3.63) is 28.1 Å². The third-order valence-electron chi connectivity index (χ3n) is 2.63. The fourth-order valence-electron chi connectivity index (χ4n) is 1.61. The maximum Gasteiger partial charge on any atom is 0.280 e. The van der Waals surface area contributed by atoms with Crippen molar-refractivity contribution in [2.45, 2.75) is 31.8 Å². The first-order valence-corrected chi connectivity index (χ1v) is 8.44. The molecule has 2 aromatic heterocycles. The van der Waals surface area contributed by atoms with Crippen molar-refractivity contribution in [2.24, 2.45) is 0 Å². The molecule has 0 aromatic carbocycles. The fraction of sp³-hybridized carbons (Fsp3) is 0.400. The lowest BCUT2D eigenvalue weighted by Gasteiger charge is -2.03. The average Bonchev–Trinajstić information content (AvgIpc) is 2.82. The quantitative estimate of drug-likeness (QED) is 0.812. The van der Waals surface area contributed by atoms with E-state index in [1.807, 2.05) is 6.92 Å². The van der Waals surface area contributed by atoms with Gasteiger partial charge in [0.2, 0.25) is 0 Å². The summed E-state index contributed by atoms with van der Waals surface area (Å²) in [6.45, 7) is 4.38. The number of hydrogen-bond donors (Lipinski definition) is 0. The van der Waals surface area contributed by atoms with Crippen LogP contribution in [-0.4, -0.2) is 23.0 Å². The Balaban J connectivity index is 2.16. The standard InChI is InChI=1S/C10H12ClN3O2S2/c1-7-9(17-6-12-7)3-4-14-5-10(13-8(14)2)18(11,15)16/h5-6H,3-4H2,1-2H3. The van der Waals surface area contributed by atoms with Crippen LogP contribution >= 0.6 is 22.0 Å². The molecule has 0 saturated carbocycles. The first-order chi connectivity index (χ1) is 8.38. The Bertz CT molecular complexity index is 660. The molecule has 8 heteroatoms. The minimum absolute atomic E-state index is 0.0947. The van der Waals surface area contributed by atoms with Crippen molar-refractivity contribution >= 4 is 31.1 Å². The number of hydrogen-bond acceptors (Lipinski definition) is 5. The molecular weight excluding hydrogens is 294 g/mol. The zero-order valence-electron chi connectivity index (χ0n) is 9.92. The first-order valence-electron chi connectivity index (χ1n) is 5.25. The van der Waals surface area contributed by atoms with Gasteiger partial charge >= 0.3 is 0 Å². The minimum atomic E-state index is -3.75. The molecule has 18 heavy (non-hydrogen) atoms. The van der Waals surface area contributed by atoms with Gasteiger partial charge in [0.05, 0.1) is 11.2 Å². The van der Waals surface area contributed by atoms with Gasteiger partial charge in [0.15, 0.2) is 5.03 Å². The fourth-order valence-corrected chi connectivity index (χ4v) is 3.10. The highest BCUT2D eigenvalue weighted by Gasteiger charge is 2.16. The van der Waals surface area contributed by atoms with Crippen LogP contribution in [0.3, 0.4) is 0 Å². The Labute approximate surface area is 114 Å². The van der Waals surface area contributed by atoms with Gasteiger partial charge in [-0.15, -0.1) is 11.3 Å². The zero-order chi connectivity index (χ0) is 13.3. The largest absolute Gasteiger partial charge is 0.333 e. The summed E-state index contributed by atoms with van der Waals surface area (Å²) in [7, 11) is 1.50. The Morgan fingerprint density at radius 2 is 2.17 bits per heavy atom. The van der Waals surface area contributed by atoms with Gasteiger partial charge in [0.1, 0.15) is 5.82 Å². The van der Waals surface area contributed by atoms with Gasteiger partial charge in [-0.25, -0.2) is 18.4 Å². The number of imidazole rings is 1. The Morgan fingerprint density at radius 3 is 2.67 bits per heavy atom. The second-order valence-electron chi connectivity index (χ2n) is 3.87. The third-order valence-corrected chi connectivity index (χ3v) is 4.79.